The quantitative estimate of drug-likeness (QED) is 0.286. The van der Waals surface area contributed by atoms with Crippen LogP contribution in [0.3, 0.4) is 0 Å². The van der Waals surface area contributed by atoms with Gasteiger partial charge in [-0.15, -0.1) is 0 Å². The van der Waals surface area contributed by atoms with Crippen molar-refractivity contribution in [2.24, 2.45) is 0 Å². The molecule has 0 aliphatic rings. The second-order valence-electron chi connectivity index (χ2n) is 10.3. The summed E-state index contributed by atoms with van der Waals surface area (Å²) in [5.74, 6) is 4.71. The van der Waals surface area contributed by atoms with Gasteiger partial charge in [-0.1, -0.05) is 24.0 Å². The fraction of sp³-hybridized carbons (Fsp3) is 0.393. The standard InChI is InChI=1S/C28H34N2O8S/c1-27(2,3)38-26(33)30-28(4,5)23(25(32)36-6)29-24(31)22-16-14-20(15-17-22)9-8-19-10-12-21(13-11-19)18-37-39(7,34)35/h10-17,23H,18H2,1-7H3,(H,29,31)(H,30,33). The second kappa shape index (κ2) is 12.8. The first-order valence-electron chi connectivity index (χ1n) is 11.9. The predicted molar refractivity (Wildman–Crippen MR) is 145 cm³/mol. The maximum absolute atomic E-state index is 12.9. The first-order valence-corrected chi connectivity index (χ1v) is 13.8. The molecule has 0 saturated heterocycles. The van der Waals surface area contributed by atoms with E-state index in [4.69, 9.17) is 13.7 Å². The minimum Gasteiger partial charge on any atom is -0.467 e. The third kappa shape index (κ3) is 10.8. The van der Waals surface area contributed by atoms with Crippen LogP contribution in [-0.4, -0.2) is 56.9 Å². The van der Waals surface area contributed by atoms with E-state index in [1.165, 1.54) is 7.11 Å². The lowest BCUT2D eigenvalue weighted by Gasteiger charge is -2.34. The van der Waals surface area contributed by atoms with Crippen LogP contribution in [0.1, 0.15) is 61.7 Å². The van der Waals surface area contributed by atoms with Crippen LogP contribution in [-0.2, 0) is 35.2 Å². The number of methoxy groups -OCH3 is 1. The van der Waals surface area contributed by atoms with E-state index in [0.717, 1.165) is 6.26 Å². The molecular formula is C28H34N2O8S. The van der Waals surface area contributed by atoms with Crippen LogP contribution >= 0.6 is 0 Å². The smallest absolute Gasteiger partial charge is 0.408 e. The lowest BCUT2D eigenvalue weighted by Crippen LogP contribution is -2.62. The van der Waals surface area contributed by atoms with Crippen molar-refractivity contribution in [3.05, 3.63) is 70.8 Å². The molecule has 0 saturated carbocycles. The van der Waals surface area contributed by atoms with E-state index in [0.29, 0.717) is 16.7 Å². The van der Waals surface area contributed by atoms with Crippen molar-refractivity contribution < 1.29 is 36.5 Å². The molecule has 2 amide bonds. The molecule has 39 heavy (non-hydrogen) atoms. The van der Waals surface area contributed by atoms with Gasteiger partial charge in [-0.25, -0.2) is 9.59 Å². The molecule has 2 rings (SSSR count). The molecule has 1 atom stereocenters. The van der Waals surface area contributed by atoms with Crippen molar-refractivity contribution in [1.29, 1.82) is 0 Å². The van der Waals surface area contributed by atoms with E-state index in [9.17, 15) is 22.8 Å². The van der Waals surface area contributed by atoms with Gasteiger partial charge in [0.1, 0.15) is 11.6 Å². The van der Waals surface area contributed by atoms with Crippen LogP contribution in [0.2, 0.25) is 0 Å². The number of esters is 1. The fourth-order valence-electron chi connectivity index (χ4n) is 3.21. The van der Waals surface area contributed by atoms with E-state index in [2.05, 4.69) is 22.5 Å². The van der Waals surface area contributed by atoms with Gasteiger partial charge in [0.15, 0.2) is 0 Å². The third-order valence-electron chi connectivity index (χ3n) is 5.15. The number of amides is 2. The molecule has 2 N–H and O–H groups in total. The van der Waals surface area contributed by atoms with E-state index in [1.54, 1.807) is 83.1 Å². The monoisotopic (exact) mass is 558 g/mol. The highest BCUT2D eigenvalue weighted by molar-refractivity contribution is 7.85. The molecule has 0 heterocycles. The van der Waals surface area contributed by atoms with Gasteiger partial charge in [0.2, 0.25) is 0 Å². The Labute approximate surface area is 229 Å². The Hall–Kier alpha value is -3.88. The van der Waals surface area contributed by atoms with Crippen molar-refractivity contribution in [3.8, 4) is 11.8 Å². The van der Waals surface area contributed by atoms with Crippen molar-refractivity contribution in [1.82, 2.24) is 10.6 Å². The summed E-state index contributed by atoms with van der Waals surface area (Å²) < 4.78 is 37.1. The van der Waals surface area contributed by atoms with E-state index in [-0.39, 0.29) is 12.2 Å². The summed E-state index contributed by atoms with van der Waals surface area (Å²) in [7, 11) is -2.33. The summed E-state index contributed by atoms with van der Waals surface area (Å²) in [6, 6.07) is 12.2. The lowest BCUT2D eigenvalue weighted by molar-refractivity contribution is -0.144. The molecule has 210 valence electrons. The molecule has 10 nitrogen and oxygen atoms in total. The summed E-state index contributed by atoms with van der Waals surface area (Å²) in [6.45, 7) is 8.22. The first-order chi connectivity index (χ1) is 18.0. The molecule has 0 spiro atoms. The number of alkyl carbamates (subject to hydrolysis) is 1. The molecule has 0 radical (unpaired) electrons. The number of nitrogens with one attached hydrogen (secondary N) is 2. The van der Waals surface area contributed by atoms with Gasteiger partial charge in [-0.3, -0.25) is 8.98 Å². The van der Waals surface area contributed by atoms with Crippen molar-refractivity contribution in [3.63, 3.8) is 0 Å². The number of carbonyl (C=O) groups is 3. The van der Waals surface area contributed by atoms with E-state index >= 15 is 0 Å². The van der Waals surface area contributed by atoms with E-state index < -0.39 is 45.3 Å². The molecule has 0 aromatic heterocycles. The van der Waals surface area contributed by atoms with Gasteiger partial charge in [-0.05, 0) is 76.6 Å². The molecular weight excluding hydrogens is 524 g/mol. The molecule has 0 aliphatic heterocycles. The Morgan fingerprint density at radius 1 is 0.897 bits per heavy atom. The lowest BCUT2D eigenvalue weighted by atomic mass is 9.94. The van der Waals surface area contributed by atoms with Crippen molar-refractivity contribution in [2.45, 2.75) is 58.4 Å². The Bertz CT molecular complexity index is 1350. The molecule has 0 bridgehead atoms. The minimum absolute atomic E-state index is 0.0544. The van der Waals surface area contributed by atoms with Crippen molar-refractivity contribution in [2.75, 3.05) is 13.4 Å². The highest BCUT2D eigenvalue weighted by Gasteiger charge is 2.39. The van der Waals surface area contributed by atoms with Gasteiger partial charge in [0.05, 0.1) is 25.5 Å². The van der Waals surface area contributed by atoms with Gasteiger partial charge < -0.3 is 20.1 Å². The highest BCUT2D eigenvalue weighted by atomic mass is 32.2. The average molecular weight is 559 g/mol. The number of ether oxygens (including phenoxy) is 2. The van der Waals surface area contributed by atoms with Gasteiger partial charge in [0, 0.05) is 16.7 Å². The van der Waals surface area contributed by atoms with Crippen molar-refractivity contribution >= 4 is 28.1 Å². The fourth-order valence-corrected chi connectivity index (χ4v) is 3.56. The summed E-state index contributed by atoms with van der Waals surface area (Å²) in [5, 5.41) is 5.24. The van der Waals surface area contributed by atoms with Gasteiger partial charge in [0.25, 0.3) is 16.0 Å². The molecule has 2 aromatic carbocycles. The summed E-state index contributed by atoms with van der Waals surface area (Å²) in [4.78, 5) is 37.7. The number of hydrogen-bond acceptors (Lipinski definition) is 8. The van der Waals surface area contributed by atoms with Crippen LogP contribution < -0.4 is 10.6 Å². The van der Waals surface area contributed by atoms with E-state index in [1.807, 2.05) is 0 Å². The number of benzene rings is 2. The Balaban J connectivity index is 2.09. The number of carbonyl (C=O) groups excluding carboxylic acids is 3. The summed E-state index contributed by atoms with van der Waals surface area (Å²) >= 11 is 0. The second-order valence-corrected chi connectivity index (χ2v) is 11.9. The van der Waals surface area contributed by atoms with Gasteiger partial charge >= 0.3 is 12.1 Å². The average Bonchev–Trinajstić information content (AvgIpc) is 2.83. The summed E-state index contributed by atoms with van der Waals surface area (Å²) in [5.41, 5.74) is 0.345. The first kappa shape index (κ1) is 31.3. The normalized spacial score (nSPS) is 12.4. The Kier molecular flexibility index (Phi) is 10.3. The molecule has 1 unspecified atom stereocenters. The SMILES string of the molecule is COC(=O)C(NC(=O)c1ccc(C#Cc2ccc(COS(C)(=O)=O)cc2)cc1)C(C)(C)NC(=O)OC(C)(C)C. The Morgan fingerprint density at radius 2 is 1.41 bits per heavy atom. The molecule has 0 fully saturated rings. The van der Waals surface area contributed by atoms with Crippen LogP contribution in [0.15, 0.2) is 48.5 Å². The predicted octanol–water partition coefficient (Wildman–Crippen LogP) is 3.14. The zero-order valence-corrected chi connectivity index (χ0v) is 23.9. The molecule has 0 aliphatic carbocycles. The zero-order valence-electron chi connectivity index (χ0n) is 23.1. The molecule has 2 aromatic rings. The largest absolute Gasteiger partial charge is 0.467 e. The topological polar surface area (TPSA) is 137 Å². The Morgan fingerprint density at radius 3 is 1.87 bits per heavy atom. The van der Waals surface area contributed by atoms with Crippen LogP contribution in [0, 0.1) is 11.8 Å². The number of rotatable bonds is 8. The number of hydrogen-bond donors (Lipinski definition) is 2. The maximum Gasteiger partial charge on any atom is 0.408 e. The zero-order chi connectivity index (χ0) is 29.4. The van der Waals surface area contributed by atoms with Crippen LogP contribution in [0.4, 0.5) is 4.79 Å². The maximum atomic E-state index is 12.9. The highest BCUT2D eigenvalue weighted by Crippen LogP contribution is 2.15. The minimum atomic E-state index is -3.52. The third-order valence-corrected chi connectivity index (χ3v) is 5.69. The van der Waals surface area contributed by atoms with Crippen LogP contribution in [0.5, 0.6) is 0 Å². The van der Waals surface area contributed by atoms with Gasteiger partial charge in [-0.2, -0.15) is 8.42 Å². The van der Waals surface area contributed by atoms with Crippen LogP contribution in [0.25, 0.3) is 0 Å². The summed E-state index contributed by atoms with van der Waals surface area (Å²) in [6.07, 6.45) is 0.250. The molecule has 11 heteroatoms.